The van der Waals surface area contributed by atoms with E-state index in [0.717, 1.165) is 23.2 Å². The first-order chi connectivity index (χ1) is 7.81. The van der Waals surface area contributed by atoms with Crippen LogP contribution in [-0.4, -0.2) is 16.5 Å². The molecule has 82 valence electrons. The van der Waals surface area contributed by atoms with E-state index in [1.807, 2.05) is 6.07 Å². The highest BCUT2D eigenvalue weighted by Gasteiger charge is 2.05. The molecule has 0 saturated heterocycles. The van der Waals surface area contributed by atoms with Crippen molar-refractivity contribution in [3.8, 4) is 11.3 Å². The Balaban J connectivity index is 2.42. The van der Waals surface area contributed by atoms with Crippen molar-refractivity contribution in [2.24, 2.45) is 5.73 Å². The molecule has 2 aromatic heterocycles. The lowest BCUT2D eigenvalue weighted by Gasteiger charge is -2.06. The molecule has 2 N–H and O–H groups in total. The molecule has 2 heterocycles. The molecule has 0 spiro atoms. The van der Waals surface area contributed by atoms with Crippen molar-refractivity contribution in [1.82, 2.24) is 9.97 Å². The first-order valence-electron chi connectivity index (χ1n) is 5.06. The third kappa shape index (κ3) is 2.23. The van der Waals surface area contributed by atoms with E-state index in [-0.39, 0.29) is 5.82 Å². The van der Waals surface area contributed by atoms with Gasteiger partial charge in [-0.05, 0) is 36.7 Å². The molecule has 0 saturated carbocycles. The Morgan fingerprint density at radius 3 is 2.75 bits per heavy atom. The van der Waals surface area contributed by atoms with Gasteiger partial charge in [-0.1, -0.05) is 0 Å². The van der Waals surface area contributed by atoms with Gasteiger partial charge >= 0.3 is 0 Å². The minimum absolute atomic E-state index is 0.335. The molecule has 0 unspecified atom stereocenters. The van der Waals surface area contributed by atoms with Gasteiger partial charge in [0.2, 0.25) is 0 Å². The Morgan fingerprint density at radius 2 is 2.06 bits per heavy atom. The SMILES string of the molecule is NCCc1cnccc1-c1ccc(F)cn1. The summed E-state index contributed by atoms with van der Waals surface area (Å²) in [5, 5.41) is 0. The molecule has 0 fully saturated rings. The fourth-order valence-electron chi connectivity index (χ4n) is 1.57. The molecule has 2 aromatic rings. The smallest absolute Gasteiger partial charge is 0.141 e. The standard InChI is InChI=1S/C12H12FN3/c13-10-1-2-12(16-8-10)11-4-6-15-7-9(11)3-5-14/h1-2,4,6-8H,3,5,14H2. The Labute approximate surface area is 93.2 Å². The van der Waals surface area contributed by atoms with Gasteiger partial charge < -0.3 is 5.73 Å². The van der Waals surface area contributed by atoms with Crippen LogP contribution >= 0.6 is 0 Å². The van der Waals surface area contributed by atoms with Crippen LogP contribution in [-0.2, 0) is 6.42 Å². The van der Waals surface area contributed by atoms with Gasteiger partial charge in [0.15, 0.2) is 0 Å². The topological polar surface area (TPSA) is 51.8 Å². The largest absolute Gasteiger partial charge is 0.330 e. The van der Waals surface area contributed by atoms with E-state index in [0.29, 0.717) is 6.54 Å². The van der Waals surface area contributed by atoms with Crippen molar-refractivity contribution in [2.75, 3.05) is 6.54 Å². The summed E-state index contributed by atoms with van der Waals surface area (Å²) >= 11 is 0. The predicted octanol–water partition coefficient (Wildman–Crippen LogP) is 1.78. The summed E-state index contributed by atoms with van der Waals surface area (Å²) in [6.45, 7) is 0.555. The van der Waals surface area contributed by atoms with Gasteiger partial charge in [-0.3, -0.25) is 9.97 Å². The summed E-state index contributed by atoms with van der Waals surface area (Å²) in [4.78, 5) is 8.10. The molecule has 0 aliphatic carbocycles. The van der Waals surface area contributed by atoms with Gasteiger partial charge in [0.05, 0.1) is 11.9 Å². The zero-order valence-electron chi connectivity index (χ0n) is 8.73. The van der Waals surface area contributed by atoms with Gasteiger partial charge in [-0.15, -0.1) is 0 Å². The number of hydrogen-bond donors (Lipinski definition) is 1. The quantitative estimate of drug-likeness (QED) is 0.852. The number of halogens is 1. The van der Waals surface area contributed by atoms with Crippen LogP contribution in [0.25, 0.3) is 11.3 Å². The first kappa shape index (κ1) is 10.7. The Morgan fingerprint density at radius 1 is 1.19 bits per heavy atom. The maximum absolute atomic E-state index is 12.8. The summed E-state index contributed by atoms with van der Waals surface area (Å²) in [6, 6.07) is 4.92. The van der Waals surface area contributed by atoms with E-state index < -0.39 is 0 Å². The molecule has 0 aromatic carbocycles. The van der Waals surface area contributed by atoms with Crippen molar-refractivity contribution >= 4 is 0 Å². The van der Waals surface area contributed by atoms with Crippen LogP contribution in [0.2, 0.25) is 0 Å². The molecule has 2 rings (SSSR count). The number of aromatic nitrogens is 2. The molecule has 0 aliphatic heterocycles. The Bertz CT molecular complexity index is 468. The van der Waals surface area contributed by atoms with E-state index in [9.17, 15) is 4.39 Å². The van der Waals surface area contributed by atoms with Crippen LogP contribution in [0.3, 0.4) is 0 Å². The summed E-state index contributed by atoms with van der Waals surface area (Å²) in [5.41, 5.74) is 8.26. The number of pyridine rings is 2. The number of nitrogens with two attached hydrogens (primary N) is 1. The maximum atomic E-state index is 12.8. The third-order valence-corrected chi connectivity index (χ3v) is 2.32. The summed E-state index contributed by atoms with van der Waals surface area (Å²) in [7, 11) is 0. The van der Waals surface area contributed by atoms with Crippen molar-refractivity contribution in [2.45, 2.75) is 6.42 Å². The predicted molar refractivity (Wildman–Crippen MR) is 60.2 cm³/mol. The minimum Gasteiger partial charge on any atom is -0.330 e. The third-order valence-electron chi connectivity index (χ3n) is 2.32. The van der Waals surface area contributed by atoms with Gasteiger partial charge in [0, 0.05) is 18.0 Å². The monoisotopic (exact) mass is 217 g/mol. The van der Waals surface area contributed by atoms with Gasteiger partial charge in [0.1, 0.15) is 5.82 Å². The first-order valence-corrected chi connectivity index (χ1v) is 5.06. The van der Waals surface area contributed by atoms with Gasteiger partial charge in [-0.2, -0.15) is 0 Å². The normalized spacial score (nSPS) is 10.4. The molecule has 0 radical (unpaired) electrons. The van der Waals surface area contributed by atoms with Crippen molar-refractivity contribution in [3.05, 3.63) is 48.2 Å². The lowest BCUT2D eigenvalue weighted by molar-refractivity contribution is 0.622. The van der Waals surface area contributed by atoms with E-state index in [1.165, 1.54) is 12.3 Å². The van der Waals surface area contributed by atoms with Crippen LogP contribution in [0, 0.1) is 5.82 Å². The van der Waals surface area contributed by atoms with Crippen LogP contribution in [0.5, 0.6) is 0 Å². The van der Waals surface area contributed by atoms with E-state index in [1.54, 1.807) is 18.5 Å². The number of hydrogen-bond acceptors (Lipinski definition) is 3. The maximum Gasteiger partial charge on any atom is 0.141 e. The molecule has 0 bridgehead atoms. The highest BCUT2D eigenvalue weighted by atomic mass is 19.1. The summed E-state index contributed by atoms with van der Waals surface area (Å²) < 4.78 is 12.8. The minimum atomic E-state index is -0.335. The molecule has 4 heteroatoms. The lowest BCUT2D eigenvalue weighted by atomic mass is 10.0. The van der Waals surface area contributed by atoms with Crippen molar-refractivity contribution in [3.63, 3.8) is 0 Å². The number of rotatable bonds is 3. The van der Waals surface area contributed by atoms with Crippen LogP contribution < -0.4 is 5.73 Å². The van der Waals surface area contributed by atoms with E-state index >= 15 is 0 Å². The molecular weight excluding hydrogens is 205 g/mol. The van der Waals surface area contributed by atoms with E-state index in [4.69, 9.17) is 5.73 Å². The molecule has 0 atom stereocenters. The average Bonchev–Trinajstić information content (AvgIpc) is 2.32. The zero-order chi connectivity index (χ0) is 11.4. The highest BCUT2D eigenvalue weighted by molar-refractivity contribution is 5.62. The second kappa shape index (κ2) is 4.81. The summed E-state index contributed by atoms with van der Waals surface area (Å²) in [5.74, 6) is -0.335. The zero-order valence-corrected chi connectivity index (χ0v) is 8.73. The van der Waals surface area contributed by atoms with Crippen molar-refractivity contribution < 1.29 is 4.39 Å². The van der Waals surface area contributed by atoms with Crippen molar-refractivity contribution in [1.29, 1.82) is 0 Å². The van der Waals surface area contributed by atoms with Crippen LogP contribution in [0.1, 0.15) is 5.56 Å². The second-order valence-corrected chi connectivity index (χ2v) is 3.43. The molecule has 16 heavy (non-hydrogen) atoms. The second-order valence-electron chi connectivity index (χ2n) is 3.43. The fraction of sp³-hybridized carbons (Fsp3) is 0.167. The molecule has 3 nitrogen and oxygen atoms in total. The molecule has 0 aliphatic rings. The highest BCUT2D eigenvalue weighted by Crippen LogP contribution is 2.20. The van der Waals surface area contributed by atoms with Gasteiger partial charge in [-0.25, -0.2) is 4.39 Å². The van der Waals surface area contributed by atoms with Crippen LogP contribution in [0.4, 0.5) is 4.39 Å². The molecule has 0 amide bonds. The summed E-state index contributed by atoms with van der Waals surface area (Å²) in [6.07, 6.45) is 5.41. The van der Waals surface area contributed by atoms with E-state index in [2.05, 4.69) is 9.97 Å². The Hall–Kier alpha value is -1.81. The average molecular weight is 217 g/mol. The number of nitrogens with zero attached hydrogens (tertiary/aromatic N) is 2. The fourth-order valence-corrected chi connectivity index (χ4v) is 1.57. The lowest BCUT2D eigenvalue weighted by Crippen LogP contribution is -2.04. The molecular formula is C12H12FN3. The Kier molecular flexibility index (Phi) is 3.22. The van der Waals surface area contributed by atoms with Gasteiger partial charge in [0.25, 0.3) is 0 Å². The van der Waals surface area contributed by atoms with Crippen LogP contribution in [0.15, 0.2) is 36.8 Å².